The largest absolute Gasteiger partial charge is 2.00 e. The van der Waals surface area contributed by atoms with E-state index in [0.717, 1.165) is 11.3 Å². The summed E-state index contributed by atoms with van der Waals surface area (Å²) in [5, 5.41) is 0.155. The zero-order valence-corrected chi connectivity index (χ0v) is 19.9. The SMILES string of the molecule is CC(=O)SCc1ccc(/C=C/c2ccc(/C=C/[C]3[CH][CH][CH][CH]3)cc2)cc1.[CH]1[CH][CH][CH][CH]1.[Fe+2]. The Balaban J connectivity index is 0.000000534. The summed E-state index contributed by atoms with van der Waals surface area (Å²) in [6.07, 6.45) is 26.7. The second-order valence-electron chi connectivity index (χ2n) is 7.04. The number of allylic oxidation sites excluding steroid dienone is 1. The molecule has 3 heteroatoms. The summed E-state index contributed by atoms with van der Waals surface area (Å²) in [7, 11) is 0. The molecule has 2 aliphatic carbocycles. The van der Waals surface area contributed by atoms with E-state index in [1.54, 1.807) is 6.92 Å². The molecule has 2 aromatic rings. The Kier molecular flexibility index (Phi) is 12.8. The molecule has 0 N–H and O–H groups in total. The number of thioether (sulfide) groups is 1. The molecule has 0 aromatic heterocycles. The van der Waals surface area contributed by atoms with Crippen LogP contribution in [0.4, 0.5) is 0 Å². The fraction of sp³-hybridized carbons (Fsp3) is 0.0690. The predicted molar refractivity (Wildman–Crippen MR) is 135 cm³/mol. The van der Waals surface area contributed by atoms with Gasteiger partial charge in [-0.05, 0) is 80.0 Å². The third kappa shape index (κ3) is 10.4. The van der Waals surface area contributed by atoms with Crippen LogP contribution in [0.5, 0.6) is 0 Å². The summed E-state index contributed by atoms with van der Waals surface area (Å²) in [6, 6.07) is 16.8. The van der Waals surface area contributed by atoms with E-state index < -0.39 is 0 Å². The molecule has 160 valence electrons. The maximum Gasteiger partial charge on any atom is 2.00 e. The Labute approximate surface area is 209 Å². The van der Waals surface area contributed by atoms with Gasteiger partial charge in [0.05, 0.1) is 0 Å². The van der Waals surface area contributed by atoms with Gasteiger partial charge in [-0.3, -0.25) is 4.79 Å². The van der Waals surface area contributed by atoms with E-state index in [2.05, 4.69) is 85.7 Å². The maximum absolute atomic E-state index is 11.0. The van der Waals surface area contributed by atoms with E-state index in [4.69, 9.17) is 0 Å². The van der Waals surface area contributed by atoms with Gasteiger partial charge in [0, 0.05) is 18.6 Å². The quantitative estimate of drug-likeness (QED) is 0.326. The molecule has 0 heterocycles. The second kappa shape index (κ2) is 15.3. The zero-order valence-electron chi connectivity index (χ0n) is 18.0. The van der Waals surface area contributed by atoms with Crippen LogP contribution in [-0.4, -0.2) is 5.12 Å². The summed E-state index contributed by atoms with van der Waals surface area (Å²) in [6.45, 7) is 1.60. The Bertz CT molecular complexity index is 834. The van der Waals surface area contributed by atoms with Crippen molar-refractivity contribution >= 4 is 35.1 Å². The molecule has 0 bridgehead atoms. The number of carbonyl (C=O) groups excluding carboxylic acids is 1. The van der Waals surface area contributed by atoms with Gasteiger partial charge in [-0.1, -0.05) is 84.6 Å². The fourth-order valence-electron chi connectivity index (χ4n) is 2.83. The summed E-state index contributed by atoms with van der Waals surface area (Å²) < 4.78 is 0. The average molecular weight is 478 g/mol. The van der Waals surface area contributed by atoms with E-state index in [0.29, 0.717) is 0 Å². The Morgan fingerprint density at radius 3 is 1.50 bits per heavy atom. The molecule has 2 aliphatic rings. The van der Waals surface area contributed by atoms with Crippen LogP contribution in [0.2, 0.25) is 0 Å². The molecular weight excluding hydrogens is 452 g/mol. The first kappa shape index (κ1) is 26.7. The summed E-state index contributed by atoms with van der Waals surface area (Å²) in [4.78, 5) is 11.0. The minimum atomic E-state index is 0. The molecule has 0 unspecified atom stereocenters. The predicted octanol–water partition coefficient (Wildman–Crippen LogP) is 7.07. The van der Waals surface area contributed by atoms with Crippen LogP contribution in [0.15, 0.2) is 54.6 Å². The van der Waals surface area contributed by atoms with E-state index in [1.165, 1.54) is 34.4 Å². The normalized spacial score (nSPS) is 16.2. The minimum Gasteiger partial charge on any atom is -0.288 e. The Morgan fingerprint density at radius 1 is 0.656 bits per heavy atom. The smallest absolute Gasteiger partial charge is 0.288 e. The second-order valence-corrected chi connectivity index (χ2v) is 8.19. The van der Waals surface area contributed by atoms with Crippen molar-refractivity contribution in [3.05, 3.63) is 141 Å². The van der Waals surface area contributed by atoms with E-state index in [-0.39, 0.29) is 22.2 Å². The average Bonchev–Trinajstić information content (AvgIpc) is 3.53. The topological polar surface area (TPSA) is 17.1 Å². The first-order chi connectivity index (χ1) is 15.2. The first-order valence-corrected chi connectivity index (χ1v) is 11.2. The van der Waals surface area contributed by atoms with Crippen molar-refractivity contribution in [2.45, 2.75) is 12.7 Å². The standard InChI is InChI=1S/C24H21OS.C5H5.Fe/c1-19(25)26-18-24-16-14-23(15-17-24)13-12-22-10-8-21(9-11-22)7-6-20-4-2-3-5-20;1-2-4-5-3-1;/h2-17H,18H2,1H3;1-5H;/q;;+2/b7-6+,13-12+;;. The third-order valence-corrected chi connectivity index (χ3v) is 5.42. The van der Waals surface area contributed by atoms with Gasteiger partial charge < -0.3 is 0 Å². The molecule has 2 fully saturated rings. The monoisotopic (exact) mass is 478 g/mol. The van der Waals surface area contributed by atoms with Gasteiger partial charge in [0.2, 0.25) is 0 Å². The van der Waals surface area contributed by atoms with Gasteiger partial charge in [-0.2, -0.15) is 0 Å². The molecule has 0 saturated heterocycles. The molecule has 0 atom stereocenters. The van der Waals surface area contributed by atoms with Crippen LogP contribution in [0.1, 0.15) is 29.2 Å². The maximum atomic E-state index is 11.0. The first-order valence-electron chi connectivity index (χ1n) is 10.3. The van der Waals surface area contributed by atoms with Gasteiger partial charge in [-0.25, -0.2) is 0 Å². The van der Waals surface area contributed by atoms with Gasteiger partial charge in [0.15, 0.2) is 5.12 Å². The van der Waals surface area contributed by atoms with Gasteiger partial charge in [-0.15, -0.1) is 0 Å². The molecule has 0 aliphatic heterocycles. The van der Waals surface area contributed by atoms with Gasteiger partial charge >= 0.3 is 17.1 Å². The van der Waals surface area contributed by atoms with Crippen molar-refractivity contribution in [2.75, 3.05) is 0 Å². The van der Waals surface area contributed by atoms with Crippen LogP contribution in [-0.2, 0) is 27.6 Å². The molecule has 10 radical (unpaired) electrons. The molecule has 1 nitrogen and oxygen atoms in total. The number of benzene rings is 2. The van der Waals surface area contributed by atoms with Crippen molar-refractivity contribution < 1.29 is 21.9 Å². The molecule has 0 spiro atoms. The number of hydrogen-bond acceptors (Lipinski definition) is 2. The molecular formula is C29H26FeOS+2. The fourth-order valence-corrected chi connectivity index (χ4v) is 3.40. The van der Waals surface area contributed by atoms with E-state index in [9.17, 15) is 4.79 Å². The number of rotatable bonds is 6. The van der Waals surface area contributed by atoms with Crippen molar-refractivity contribution in [1.82, 2.24) is 0 Å². The molecule has 2 saturated carbocycles. The van der Waals surface area contributed by atoms with Crippen molar-refractivity contribution in [3.8, 4) is 0 Å². The zero-order chi connectivity index (χ0) is 21.7. The Hall–Kier alpha value is -1.54. The van der Waals surface area contributed by atoms with Crippen LogP contribution in [0.3, 0.4) is 0 Å². The summed E-state index contributed by atoms with van der Waals surface area (Å²) in [5.41, 5.74) is 4.69. The minimum absolute atomic E-state index is 0. The van der Waals surface area contributed by atoms with Crippen LogP contribution in [0, 0.1) is 63.7 Å². The molecule has 2 aromatic carbocycles. The molecule has 0 amide bonds. The van der Waals surface area contributed by atoms with Crippen molar-refractivity contribution in [3.63, 3.8) is 0 Å². The van der Waals surface area contributed by atoms with Crippen molar-refractivity contribution in [1.29, 1.82) is 0 Å². The number of carbonyl (C=O) groups is 1. The van der Waals surface area contributed by atoms with Crippen LogP contribution >= 0.6 is 11.8 Å². The van der Waals surface area contributed by atoms with Crippen molar-refractivity contribution in [2.24, 2.45) is 0 Å². The summed E-state index contributed by atoms with van der Waals surface area (Å²) in [5.74, 6) is 1.96. The van der Waals surface area contributed by atoms with Crippen LogP contribution in [0.25, 0.3) is 18.2 Å². The Morgan fingerprint density at radius 2 is 1.06 bits per heavy atom. The molecule has 32 heavy (non-hydrogen) atoms. The third-order valence-electron chi connectivity index (χ3n) is 4.54. The number of hydrogen-bond donors (Lipinski definition) is 0. The van der Waals surface area contributed by atoms with E-state index in [1.807, 2.05) is 44.9 Å². The summed E-state index contributed by atoms with van der Waals surface area (Å²) >= 11 is 1.34. The van der Waals surface area contributed by atoms with Crippen LogP contribution < -0.4 is 0 Å². The van der Waals surface area contributed by atoms with Gasteiger partial charge in [0.25, 0.3) is 0 Å². The van der Waals surface area contributed by atoms with Gasteiger partial charge in [0.1, 0.15) is 0 Å². The van der Waals surface area contributed by atoms with E-state index >= 15 is 0 Å². The molecule has 4 rings (SSSR count).